The van der Waals surface area contributed by atoms with Crippen LogP contribution in [0, 0.1) is 12.7 Å². The van der Waals surface area contributed by atoms with Crippen LogP contribution in [0.25, 0.3) is 0 Å². The number of sulfonamides is 1. The van der Waals surface area contributed by atoms with E-state index >= 15 is 0 Å². The first-order chi connectivity index (χ1) is 9.34. The molecule has 0 radical (unpaired) electrons. The molecule has 1 aromatic rings. The number of nitrogens with two attached hydrogens (primary N) is 1. The predicted octanol–water partition coefficient (Wildman–Crippen LogP) is 2.02. The van der Waals surface area contributed by atoms with E-state index in [1.807, 2.05) is 6.92 Å². The minimum atomic E-state index is -3.68. The zero-order valence-electron chi connectivity index (χ0n) is 11.8. The van der Waals surface area contributed by atoms with E-state index in [0.29, 0.717) is 12.1 Å². The third-order valence-electron chi connectivity index (χ3n) is 3.86. The van der Waals surface area contributed by atoms with E-state index in [2.05, 4.69) is 0 Å². The van der Waals surface area contributed by atoms with Gasteiger partial charge in [0.15, 0.2) is 0 Å². The Morgan fingerprint density at radius 1 is 1.40 bits per heavy atom. The molecular formula is C14H21FN2O2S. The second kappa shape index (κ2) is 5.79. The van der Waals surface area contributed by atoms with E-state index in [-0.39, 0.29) is 17.0 Å². The molecule has 112 valence electrons. The smallest absolute Gasteiger partial charge is 0.243 e. The number of hydrogen-bond acceptors (Lipinski definition) is 3. The van der Waals surface area contributed by atoms with Crippen LogP contribution in [0.3, 0.4) is 0 Å². The molecule has 2 atom stereocenters. The molecule has 0 amide bonds. The number of benzene rings is 1. The average molecular weight is 300 g/mol. The summed E-state index contributed by atoms with van der Waals surface area (Å²) in [7, 11) is -3.68. The molecule has 1 aliphatic rings. The molecule has 1 aliphatic heterocycles. The fraction of sp³-hybridized carbons (Fsp3) is 0.571. The van der Waals surface area contributed by atoms with Crippen LogP contribution in [0.2, 0.25) is 0 Å². The first kappa shape index (κ1) is 15.4. The predicted molar refractivity (Wildman–Crippen MR) is 76.3 cm³/mol. The highest BCUT2D eigenvalue weighted by Gasteiger charge is 2.35. The summed E-state index contributed by atoms with van der Waals surface area (Å²) in [4.78, 5) is 0.00755. The lowest BCUT2D eigenvalue weighted by Crippen LogP contribution is -2.51. The molecule has 2 rings (SSSR count). The van der Waals surface area contributed by atoms with Crippen LogP contribution in [0.15, 0.2) is 23.1 Å². The van der Waals surface area contributed by atoms with Gasteiger partial charge in [0, 0.05) is 18.6 Å². The van der Waals surface area contributed by atoms with E-state index in [0.717, 1.165) is 25.3 Å². The van der Waals surface area contributed by atoms with Crippen LogP contribution in [0.1, 0.15) is 31.7 Å². The summed E-state index contributed by atoms with van der Waals surface area (Å²) in [5.74, 6) is -0.500. The SMILES string of the molecule is Cc1ccc(S(=O)(=O)N2CCCC[C@H]2[C@H](C)N)cc1F. The zero-order valence-corrected chi connectivity index (χ0v) is 12.7. The third-order valence-corrected chi connectivity index (χ3v) is 5.78. The molecule has 0 aliphatic carbocycles. The fourth-order valence-corrected chi connectivity index (χ4v) is 4.41. The molecule has 4 nitrogen and oxygen atoms in total. The van der Waals surface area contributed by atoms with Gasteiger partial charge >= 0.3 is 0 Å². The van der Waals surface area contributed by atoms with Gasteiger partial charge in [-0.1, -0.05) is 12.5 Å². The average Bonchev–Trinajstić information content (AvgIpc) is 2.41. The number of aryl methyl sites for hydroxylation is 1. The third kappa shape index (κ3) is 2.87. The van der Waals surface area contributed by atoms with E-state index in [1.165, 1.54) is 16.4 Å². The molecule has 20 heavy (non-hydrogen) atoms. The lowest BCUT2D eigenvalue weighted by Gasteiger charge is -2.36. The monoisotopic (exact) mass is 300 g/mol. The van der Waals surface area contributed by atoms with Crippen molar-refractivity contribution in [3.63, 3.8) is 0 Å². The van der Waals surface area contributed by atoms with Gasteiger partial charge in [0.05, 0.1) is 4.90 Å². The first-order valence-electron chi connectivity index (χ1n) is 6.87. The maximum atomic E-state index is 13.6. The van der Waals surface area contributed by atoms with Gasteiger partial charge in [0.2, 0.25) is 10.0 Å². The van der Waals surface area contributed by atoms with Crippen LogP contribution in [-0.2, 0) is 10.0 Å². The van der Waals surface area contributed by atoms with Gasteiger partial charge in [-0.25, -0.2) is 12.8 Å². The summed E-state index contributed by atoms with van der Waals surface area (Å²) in [6.07, 6.45) is 2.54. The maximum Gasteiger partial charge on any atom is 0.243 e. The number of halogens is 1. The Balaban J connectivity index is 2.39. The Morgan fingerprint density at radius 3 is 2.70 bits per heavy atom. The highest BCUT2D eigenvalue weighted by atomic mass is 32.2. The van der Waals surface area contributed by atoms with Crippen LogP contribution in [0.4, 0.5) is 4.39 Å². The van der Waals surface area contributed by atoms with Crippen molar-refractivity contribution in [2.45, 2.75) is 50.1 Å². The minimum Gasteiger partial charge on any atom is -0.326 e. The molecule has 1 aromatic carbocycles. The Labute approximate surface area is 119 Å². The zero-order chi connectivity index (χ0) is 14.9. The summed E-state index contributed by atoms with van der Waals surface area (Å²) in [5.41, 5.74) is 6.34. The molecular weight excluding hydrogens is 279 g/mol. The second-order valence-corrected chi connectivity index (χ2v) is 7.34. The van der Waals surface area contributed by atoms with Crippen LogP contribution >= 0.6 is 0 Å². The van der Waals surface area contributed by atoms with E-state index < -0.39 is 15.8 Å². The largest absolute Gasteiger partial charge is 0.326 e. The summed E-state index contributed by atoms with van der Waals surface area (Å²) >= 11 is 0. The molecule has 0 saturated carbocycles. The Kier molecular flexibility index (Phi) is 4.46. The fourth-order valence-electron chi connectivity index (χ4n) is 2.62. The molecule has 1 saturated heterocycles. The van der Waals surface area contributed by atoms with E-state index in [4.69, 9.17) is 5.73 Å². The van der Waals surface area contributed by atoms with Gasteiger partial charge in [-0.2, -0.15) is 4.31 Å². The van der Waals surface area contributed by atoms with Crippen molar-refractivity contribution in [1.82, 2.24) is 4.31 Å². The second-order valence-electron chi connectivity index (χ2n) is 5.45. The van der Waals surface area contributed by atoms with Crippen molar-refractivity contribution in [2.24, 2.45) is 5.73 Å². The molecule has 0 aromatic heterocycles. The molecule has 0 unspecified atom stereocenters. The topological polar surface area (TPSA) is 63.4 Å². The van der Waals surface area contributed by atoms with Crippen molar-refractivity contribution in [2.75, 3.05) is 6.54 Å². The summed E-state index contributed by atoms with van der Waals surface area (Å²) in [6, 6.07) is 3.60. The lowest BCUT2D eigenvalue weighted by atomic mass is 10.00. The lowest BCUT2D eigenvalue weighted by molar-refractivity contribution is 0.227. The van der Waals surface area contributed by atoms with Crippen molar-refractivity contribution in [3.05, 3.63) is 29.6 Å². The summed E-state index contributed by atoms with van der Waals surface area (Å²) in [6.45, 7) is 3.87. The van der Waals surface area contributed by atoms with Crippen LogP contribution < -0.4 is 5.73 Å². The minimum absolute atomic E-state index is 0.00755. The van der Waals surface area contributed by atoms with Crippen molar-refractivity contribution < 1.29 is 12.8 Å². The van der Waals surface area contributed by atoms with Gasteiger partial charge in [-0.15, -0.1) is 0 Å². The van der Waals surface area contributed by atoms with Gasteiger partial charge in [0.1, 0.15) is 5.82 Å². The van der Waals surface area contributed by atoms with Crippen molar-refractivity contribution >= 4 is 10.0 Å². The van der Waals surface area contributed by atoms with E-state index in [9.17, 15) is 12.8 Å². The van der Waals surface area contributed by atoms with Gasteiger partial charge in [-0.05, 0) is 44.4 Å². The summed E-state index contributed by atoms with van der Waals surface area (Å²) in [5, 5.41) is 0. The molecule has 0 bridgehead atoms. The number of rotatable bonds is 3. The number of nitrogens with zero attached hydrogens (tertiary/aromatic N) is 1. The number of piperidine rings is 1. The molecule has 1 fully saturated rings. The number of hydrogen-bond donors (Lipinski definition) is 1. The van der Waals surface area contributed by atoms with Crippen molar-refractivity contribution in [3.8, 4) is 0 Å². The Morgan fingerprint density at radius 2 is 2.10 bits per heavy atom. The van der Waals surface area contributed by atoms with Crippen molar-refractivity contribution in [1.29, 1.82) is 0 Å². The normalized spacial score (nSPS) is 22.7. The van der Waals surface area contributed by atoms with Gasteiger partial charge in [-0.3, -0.25) is 0 Å². The molecule has 1 heterocycles. The Bertz CT molecular complexity index is 587. The molecule has 0 spiro atoms. The highest BCUT2D eigenvalue weighted by Crippen LogP contribution is 2.27. The quantitative estimate of drug-likeness (QED) is 0.929. The first-order valence-corrected chi connectivity index (χ1v) is 8.31. The Hall–Kier alpha value is -0.980. The highest BCUT2D eigenvalue weighted by molar-refractivity contribution is 7.89. The van der Waals surface area contributed by atoms with Crippen LogP contribution in [-0.4, -0.2) is 31.4 Å². The van der Waals surface area contributed by atoms with Gasteiger partial charge in [0.25, 0.3) is 0 Å². The summed E-state index contributed by atoms with van der Waals surface area (Å²) < 4.78 is 40.4. The van der Waals surface area contributed by atoms with Crippen LogP contribution in [0.5, 0.6) is 0 Å². The standard InChI is InChI=1S/C14H21FN2O2S/c1-10-6-7-12(9-13(10)15)20(18,19)17-8-4-3-5-14(17)11(2)16/h6-7,9,11,14H,3-5,8,16H2,1-2H3/t11-,14-/m0/s1. The maximum absolute atomic E-state index is 13.6. The molecule has 2 N–H and O–H groups in total. The van der Waals surface area contributed by atoms with Gasteiger partial charge < -0.3 is 5.73 Å². The van der Waals surface area contributed by atoms with E-state index in [1.54, 1.807) is 6.92 Å². The molecule has 6 heteroatoms.